The molecule has 5 nitrogen and oxygen atoms in total. The van der Waals surface area contributed by atoms with E-state index < -0.39 is 6.10 Å². The lowest BCUT2D eigenvalue weighted by atomic mass is 10.2. The van der Waals surface area contributed by atoms with Crippen molar-refractivity contribution in [2.75, 3.05) is 6.61 Å². The monoisotopic (exact) mass is 303 g/mol. The molecule has 0 spiro atoms. The van der Waals surface area contributed by atoms with Crippen LogP contribution in [0.15, 0.2) is 24.3 Å². The molecule has 0 aliphatic rings. The van der Waals surface area contributed by atoms with E-state index in [-0.39, 0.29) is 6.61 Å². The maximum atomic E-state index is 10.2. The second kappa shape index (κ2) is 7.94. The van der Waals surface area contributed by atoms with Gasteiger partial charge in [0.25, 0.3) is 0 Å². The Kier molecular flexibility index (Phi) is 5.95. The molecule has 1 heterocycles. The first-order valence-corrected chi connectivity index (χ1v) is 7.98. The molecule has 120 valence electrons. The topological polar surface area (TPSA) is 60.2 Å². The lowest BCUT2D eigenvalue weighted by Gasteiger charge is -2.13. The molecule has 1 unspecified atom stereocenters. The van der Waals surface area contributed by atoms with E-state index in [0.717, 1.165) is 36.7 Å². The molecule has 2 rings (SSSR count). The molecule has 0 amide bonds. The summed E-state index contributed by atoms with van der Waals surface area (Å²) >= 11 is 0. The van der Waals surface area contributed by atoms with E-state index >= 15 is 0 Å². The van der Waals surface area contributed by atoms with Crippen LogP contribution in [0.5, 0.6) is 5.75 Å². The number of aromatic nitrogens is 3. The van der Waals surface area contributed by atoms with Crippen LogP contribution in [0.4, 0.5) is 0 Å². The summed E-state index contributed by atoms with van der Waals surface area (Å²) < 4.78 is 7.42. The summed E-state index contributed by atoms with van der Waals surface area (Å²) in [4.78, 5) is 4.44. The minimum Gasteiger partial charge on any atom is -0.491 e. The number of hydrogen-bond acceptors (Lipinski definition) is 4. The summed E-state index contributed by atoms with van der Waals surface area (Å²) in [7, 11) is 0. The van der Waals surface area contributed by atoms with Crippen LogP contribution >= 0.6 is 0 Å². The van der Waals surface area contributed by atoms with Crippen LogP contribution in [0.1, 0.15) is 38.0 Å². The number of aliphatic hydroxyl groups excluding tert-OH is 1. The van der Waals surface area contributed by atoms with Gasteiger partial charge in [0.1, 0.15) is 24.3 Å². The van der Waals surface area contributed by atoms with Gasteiger partial charge in [0.15, 0.2) is 5.82 Å². The third kappa shape index (κ3) is 4.31. The Morgan fingerprint density at radius 3 is 2.41 bits per heavy atom. The number of benzene rings is 1. The molecule has 1 aromatic carbocycles. The maximum Gasteiger partial charge on any atom is 0.150 e. The van der Waals surface area contributed by atoms with Crippen molar-refractivity contribution in [3.63, 3.8) is 0 Å². The summed E-state index contributed by atoms with van der Waals surface area (Å²) in [5, 5.41) is 14.6. The summed E-state index contributed by atoms with van der Waals surface area (Å²) in [5.41, 5.74) is 1.27. The van der Waals surface area contributed by atoms with Gasteiger partial charge in [-0.15, -0.1) is 0 Å². The molecule has 2 aromatic rings. The SMILES string of the molecule is CCc1ccc(OCC(O)Cn2nc(CC)nc2CC)cc1. The number of aryl methyl sites for hydroxylation is 3. The van der Waals surface area contributed by atoms with Crippen LogP contribution in [-0.2, 0) is 25.8 Å². The van der Waals surface area contributed by atoms with Crippen LogP contribution in [0, 0.1) is 0 Å². The van der Waals surface area contributed by atoms with Crippen molar-refractivity contribution >= 4 is 0 Å². The lowest BCUT2D eigenvalue weighted by molar-refractivity contribution is 0.0883. The summed E-state index contributed by atoms with van der Waals surface area (Å²) in [6, 6.07) is 7.96. The van der Waals surface area contributed by atoms with Crippen molar-refractivity contribution < 1.29 is 9.84 Å². The highest BCUT2D eigenvalue weighted by molar-refractivity contribution is 5.27. The first-order valence-electron chi connectivity index (χ1n) is 7.98. The number of nitrogens with zero attached hydrogens (tertiary/aromatic N) is 3. The molecule has 1 aromatic heterocycles. The van der Waals surface area contributed by atoms with Crippen molar-refractivity contribution in [3.8, 4) is 5.75 Å². The zero-order valence-electron chi connectivity index (χ0n) is 13.6. The van der Waals surface area contributed by atoms with Crippen molar-refractivity contribution in [3.05, 3.63) is 41.5 Å². The molecule has 5 heteroatoms. The van der Waals surface area contributed by atoms with Crippen LogP contribution in [-0.4, -0.2) is 32.6 Å². The zero-order valence-corrected chi connectivity index (χ0v) is 13.6. The van der Waals surface area contributed by atoms with Crippen LogP contribution in [0.25, 0.3) is 0 Å². The smallest absolute Gasteiger partial charge is 0.150 e. The highest BCUT2D eigenvalue weighted by Gasteiger charge is 2.12. The first kappa shape index (κ1) is 16.5. The first-order chi connectivity index (χ1) is 10.7. The van der Waals surface area contributed by atoms with Gasteiger partial charge in [-0.2, -0.15) is 5.10 Å². The average Bonchev–Trinajstić information content (AvgIpc) is 2.95. The van der Waals surface area contributed by atoms with E-state index in [1.165, 1.54) is 5.56 Å². The largest absolute Gasteiger partial charge is 0.491 e. The quantitative estimate of drug-likeness (QED) is 0.813. The van der Waals surface area contributed by atoms with Crippen LogP contribution < -0.4 is 4.74 Å². The van der Waals surface area contributed by atoms with Gasteiger partial charge in [-0.3, -0.25) is 0 Å². The van der Waals surface area contributed by atoms with Crippen LogP contribution in [0.2, 0.25) is 0 Å². The maximum absolute atomic E-state index is 10.2. The number of ether oxygens (including phenoxy) is 1. The van der Waals surface area contributed by atoms with E-state index in [1.54, 1.807) is 4.68 Å². The minimum atomic E-state index is -0.609. The summed E-state index contributed by atoms with van der Waals surface area (Å²) in [5.74, 6) is 2.50. The van der Waals surface area contributed by atoms with E-state index in [0.29, 0.717) is 6.54 Å². The minimum absolute atomic E-state index is 0.246. The molecule has 0 aliphatic heterocycles. The fraction of sp³-hybridized carbons (Fsp3) is 0.529. The Morgan fingerprint density at radius 1 is 1.09 bits per heavy atom. The predicted molar refractivity (Wildman–Crippen MR) is 86.1 cm³/mol. The molecular formula is C17H25N3O2. The van der Waals surface area contributed by atoms with E-state index in [4.69, 9.17) is 4.74 Å². The van der Waals surface area contributed by atoms with Gasteiger partial charge in [0.2, 0.25) is 0 Å². The van der Waals surface area contributed by atoms with Crippen molar-refractivity contribution in [1.82, 2.24) is 14.8 Å². The van der Waals surface area contributed by atoms with Gasteiger partial charge in [-0.05, 0) is 24.1 Å². The Morgan fingerprint density at radius 2 is 1.82 bits per heavy atom. The number of rotatable bonds is 8. The lowest BCUT2D eigenvalue weighted by Crippen LogP contribution is -2.25. The van der Waals surface area contributed by atoms with Gasteiger partial charge >= 0.3 is 0 Å². The van der Waals surface area contributed by atoms with Crippen molar-refractivity contribution in [2.24, 2.45) is 0 Å². The zero-order chi connectivity index (χ0) is 15.9. The molecule has 0 radical (unpaired) electrons. The molecule has 0 fully saturated rings. The fourth-order valence-electron chi connectivity index (χ4n) is 2.25. The molecule has 0 saturated carbocycles. The normalized spacial score (nSPS) is 12.4. The average molecular weight is 303 g/mol. The Labute approximate surface area is 132 Å². The molecular weight excluding hydrogens is 278 g/mol. The number of aliphatic hydroxyl groups is 1. The second-order valence-corrected chi connectivity index (χ2v) is 5.30. The predicted octanol–water partition coefficient (Wildman–Crippen LogP) is 2.41. The van der Waals surface area contributed by atoms with Crippen molar-refractivity contribution in [2.45, 2.75) is 52.7 Å². The van der Waals surface area contributed by atoms with Gasteiger partial charge in [-0.1, -0.05) is 32.9 Å². The van der Waals surface area contributed by atoms with E-state index in [1.807, 2.05) is 38.1 Å². The molecule has 1 atom stereocenters. The second-order valence-electron chi connectivity index (χ2n) is 5.30. The van der Waals surface area contributed by atoms with E-state index in [2.05, 4.69) is 17.0 Å². The molecule has 0 saturated heterocycles. The molecule has 0 aliphatic carbocycles. The Bertz CT molecular complexity index is 578. The highest BCUT2D eigenvalue weighted by atomic mass is 16.5. The Hall–Kier alpha value is -1.88. The summed E-state index contributed by atoms with van der Waals surface area (Å²) in [6.45, 7) is 6.84. The van der Waals surface area contributed by atoms with Crippen LogP contribution in [0.3, 0.4) is 0 Å². The van der Waals surface area contributed by atoms with Gasteiger partial charge < -0.3 is 9.84 Å². The third-order valence-corrected chi connectivity index (χ3v) is 3.58. The van der Waals surface area contributed by atoms with Gasteiger partial charge in [0.05, 0.1) is 6.54 Å². The fourth-order valence-corrected chi connectivity index (χ4v) is 2.25. The summed E-state index contributed by atoms with van der Waals surface area (Å²) in [6.07, 6.45) is 2.01. The highest BCUT2D eigenvalue weighted by Crippen LogP contribution is 2.13. The van der Waals surface area contributed by atoms with Gasteiger partial charge in [0, 0.05) is 12.8 Å². The van der Waals surface area contributed by atoms with Crippen molar-refractivity contribution in [1.29, 1.82) is 0 Å². The Balaban J connectivity index is 1.89. The van der Waals surface area contributed by atoms with E-state index in [9.17, 15) is 5.11 Å². The molecule has 22 heavy (non-hydrogen) atoms. The standard InChI is InChI=1S/C17H25N3O2/c1-4-13-7-9-15(10-8-13)22-12-14(21)11-20-17(6-3)18-16(5-2)19-20/h7-10,14,21H,4-6,11-12H2,1-3H3. The molecule has 0 bridgehead atoms. The third-order valence-electron chi connectivity index (χ3n) is 3.58. The van der Waals surface area contributed by atoms with Gasteiger partial charge in [-0.25, -0.2) is 9.67 Å². The number of hydrogen-bond donors (Lipinski definition) is 1. The molecule has 1 N–H and O–H groups in total.